The van der Waals surface area contributed by atoms with Gasteiger partial charge in [-0.3, -0.25) is 4.79 Å². The van der Waals surface area contributed by atoms with Crippen molar-refractivity contribution in [1.82, 2.24) is 15.3 Å². The van der Waals surface area contributed by atoms with Gasteiger partial charge in [0.05, 0.1) is 0 Å². The maximum Gasteiger partial charge on any atom is 0.251 e. The first-order chi connectivity index (χ1) is 12.9. The van der Waals surface area contributed by atoms with E-state index in [4.69, 9.17) is 11.6 Å². The van der Waals surface area contributed by atoms with Gasteiger partial charge in [-0.1, -0.05) is 49.3 Å². The second-order valence-corrected chi connectivity index (χ2v) is 7.85. The van der Waals surface area contributed by atoms with Crippen LogP contribution in [0.5, 0.6) is 0 Å². The van der Waals surface area contributed by atoms with E-state index in [-0.39, 0.29) is 11.9 Å². The molecule has 0 aliphatic rings. The minimum Gasteiger partial charge on any atom is -0.360 e. The summed E-state index contributed by atoms with van der Waals surface area (Å²) in [6.07, 6.45) is 1.94. The number of hydrogen-bond acceptors (Lipinski definition) is 5. The molecule has 0 saturated heterocycles. The first-order valence-corrected chi connectivity index (χ1v) is 10.6. The topological polar surface area (TPSA) is 58.1 Å². The van der Waals surface area contributed by atoms with Crippen molar-refractivity contribution in [2.24, 2.45) is 0 Å². The largest absolute Gasteiger partial charge is 0.360 e. The Labute approximate surface area is 170 Å². The molecule has 0 saturated carbocycles. The van der Waals surface area contributed by atoms with Crippen molar-refractivity contribution in [2.45, 2.75) is 50.6 Å². The number of carbonyl (C=O) groups excluding carboxylic acids is 1. The van der Waals surface area contributed by atoms with E-state index in [1.807, 2.05) is 38.2 Å². The number of rotatable bonds is 9. The number of halogens is 1. The van der Waals surface area contributed by atoms with E-state index in [1.165, 1.54) is 11.8 Å². The summed E-state index contributed by atoms with van der Waals surface area (Å²) in [7, 11) is 2.00. The molecule has 146 valence electrons. The van der Waals surface area contributed by atoms with Gasteiger partial charge in [-0.25, -0.2) is 9.97 Å². The van der Waals surface area contributed by atoms with E-state index in [0.29, 0.717) is 21.6 Å². The molecule has 1 aromatic heterocycles. The van der Waals surface area contributed by atoms with Crippen LogP contribution in [0.3, 0.4) is 0 Å². The van der Waals surface area contributed by atoms with Gasteiger partial charge in [0.2, 0.25) is 0 Å². The molecule has 1 N–H and O–H groups in total. The second kappa shape index (κ2) is 10.5. The van der Waals surface area contributed by atoms with Crippen LogP contribution >= 0.6 is 23.4 Å². The van der Waals surface area contributed by atoms with Crippen LogP contribution in [0.2, 0.25) is 5.15 Å². The highest BCUT2D eigenvalue weighted by atomic mass is 35.5. The summed E-state index contributed by atoms with van der Waals surface area (Å²) in [6, 6.07) is 9.59. The molecule has 1 aromatic carbocycles. The highest BCUT2D eigenvalue weighted by Gasteiger charge is 2.11. The highest BCUT2D eigenvalue weighted by Crippen LogP contribution is 2.24. The number of aromatic nitrogens is 2. The lowest BCUT2D eigenvalue weighted by Crippen LogP contribution is -2.31. The van der Waals surface area contributed by atoms with Gasteiger partial charge in [0.1, 0.15) is 11.0 Å². The summed E-state index contributed by atoms with van der Waals surface area (Å²) in [5.41, 5.74) is 1.72. The van der Waals surface area contributed by atoms with E-state index in [1.54, 1.807) is 6.07 Å². The van der Waals surface area contributed by atoms with Gasteiger partial charge < -0.3 is 10.2 Å². The Morgan fingerprint density at radius 2 is 2.07 bits per heavy atom. The molecule has 1 amide bonds. The lowest BCUT2D eigenvalue weighted by Gasteiger charge is -2.17. The number of nitrogens with one attached hydrogen (secondary N) is 1. The van der Waals surface area contributed by atoms with Crippen molar-refractivity contribution in [3.05, 3.63) is 46.6 Å². The Morgan fingerprint density at radius 1 is 1.30 bits per heavy atom. The minimum absolute atomic E-state index is 0.0429. The lowest BCUT2D eigenvalue weighted by atomic mass is 10.1. The molecule has 0 bridgehead atoms. The first-order valence-electron chi connectivity index (χ1n) is 9.21. The molecule has 1 atom stereocenters. The predicted octanol–water partition coefficient (Wildman–Crippen LogP) is 4.80. The summed E-state index contributed by atoms with van der Waals surface area (Å²) in [5, 5.41) is 4.06. The monoisotopic (exact) mass is 406 g/mol. The molecular formula is C20H27ClN4OS. The van der Waals surface area contributed by atoms with Gasteiger partial charge in [0, 0.05) is 37.0 Å². The number of carbonyl (C=O) groups is 1. The zero-order valence-electron chi connectivity index (χ0n) is 16.3. The van der Waals surface area contributed by atoms with Gasteiger partial charge >= 0.3 is 0 Å². The average Bonchev–Trinajstić information content (AvgIpc) is 2.66. The van der Waals surface area contributed by atoms with Crippen molar-refractivity contribution in [1.29, 1.82) is 0 Å². The highest BCUT2D eigenvalue weighted by molar-refractivity contribution is 7.98. The Kier molecular flexibility index (Phi) is 8.38. The predicted molar refractivity (Wildman–Crippen MR) is 114 cm³/mol. The van der Waals surface area contributed by atoms with Crippen molar-refractivity contribution in [3.8, 4) is 0 Å². The molecule has 5 nitrogen and oxygen atoms in total. The van der Waals surface area contributed by atoms with E-state index < -0.39 is 0 Å². The molecule has 7 heteroatoms. The zero-order valence-corrected chi connectivity index (χ0v) is 17.9. The summed E-state index contributed by atoms with van der Waals surface area (Å²) in [6.45, 7) is 7.08. The summed E-state index contributed by atoms with van der Waals surface area (Å²) < 4.78 is 0. The van der Waals surface area contributed by atoms with Crippen molar-refractivity contribution >= 4 is 35.1 Å². The lowest BCUT2D eigenvalue weighted by molar-refractivity contribution is 0.0939. The standard InChI is InChI=1S/C20H27ClN4OS/c1-5-10-25(4)18-12-17(21)23-20(24-18)27-13-15-8-7-9-16(11-15)19(26)22-14(3)6-2/h7-9,11-12,14H,5-6,10,13H2,1-4H3,(H,22,26). The summed E-state index contributed by atoms with van der Waals surface area (Å²) in [5.74, 6) is 1.45. The van der Waals surface area contributed by atoms with Gasteiger partial charge in [-0.15, -0.1) is 0 Å². The zero-order chi connectivity index (χ0) is 19.8. The van der Waals surface area contributed by atoms with Gasteiger partial charge in [-0.05, 0) is 37.5 Å². The number of thioether (sulfide) groups is 1. The molecule has 0 aliphatic heterocycles. The third-order valence-electron chi connectivity index (χ3n) is 4.16. The van der Waals surface area contributed by atoms with E-state index in [9.17, 15) is 4.79 Å². The third-order valence-corrected chi connectivity index (χ3v) is 5.27. The fraction of sp³-hybridized carbons (Fsp3) is 0.450. The minimum atomic E-state index is -0.0429. The molecular weight excluding hydrogens is 380 g/mol. The smallest absolute Gasteiger partial charge is 0.251 e. The van der Waals surface area contributed by atoms with Crippen LogP contribution in [0.4, 0.5) is 5.82 Å². The number of amides is 1. The molecule has 0 fully saturated rings. The molecule has 1 heterocycles. The van der Waals surface area contributed by atoms with E-state index >= 15 is 0 Å². The van der Waals surface area contributed by atoms with Crippen LogP contribution in [0, 0.1) is 0 Å². The summed E-state index contributed by atoms with van der Waals surface area (Å²) in [4.78, 5) is 23.3. The Balaban J connectivity index is 2.06. The van der Waals surface area contributed by atoms with Crippen LogP contribution < -0.4 is 10.2 Å². The van der Waals surface area contributed by atoms with Crippen molar-refractivity contribution in [3.63, 3.8) is 0 Å². The van der Waals surface area contributed by atoms with E-state index in [2.05, 4.69) is 34.0 Å². The van der Waals surface area contributed by atoms with Crippen LogP contribution in [-0.4, -0.2) is 35.5 Å². The van der Waals surface area contributed by atoms with Gasteiger partial charge in [0.15, 0.2) is 5.16 Å². The summed E-state index contributed by atoms with van der Waals surface area (Å²) >= 11 is 7.67. The van der Waals surface area contributed by atoms with Crippen LogP contribution in [-0.2, 0) is 5.75 Å². The maximum atomic E-state index is 12.3. The van der Waals surface area contributed by atoms with Crippen molar-refractivity contribution in [2.75, 3.05) is 18.5 Å². The molecule has 27 heavy (non-hydrogen) atoms. The van der Waals surface area contributed by atoms with Gasteiger partial charge in [0.25, 0.3) is 5.91 Å². The quantitative estimate of drug-likeness (QED) is 0.368. The Bertz CT molecular complexity index is 771. The maximum absolute atomic E-state index is 12.3. The molecule has 0 radical (unpaired) electrons. The van der Waals surface area contributed by atoms with Crippen LogP contribution in [0.15, 0.2) is 35.5 Å². The van der Waals surface area contributed by atoms with Crippen LogP contribution in [0.1, 0.15) is 49.5 Å². The number of anilines is 1. The molecule has 0 spiro atoms. The fourth-order valence-electron chi connectivity index (χ4n) is 2.45. The molecule has 1 unspecified atom stereocenters. The third kappa shape index (κ3) is 6.70. The number of hydrogen-bond donors (Lipinski definition) is 1. The molecule has 0 aliphatic carbocycles. The fourth-order valence-corrected chi connectivity index (χ4v) is 3.48. The average molecular weight is 407 g/mol. The number of nitrogens with zero attached hydrogens (tertiary/aromatic N) is 3. The Morgan fingerprint density at radius 3 is 2.78 bits per heavy atom. The molecule has 2 rings (SSSR count). The first kappa shape index (κ1) is 21.5. The SMILES string of the molecule is CCCN(C)c1cc(Cl)nc(SCc2cccc(C(=O)NC(C)CC)c2)n1. The van der Waals surface area contributed by atoms with E-state index in [0.717, 1.165) is 30.8 Å². The Hall–Kier alpha value is -1.79. The van der Waals surface area contributed by atoms with Crippen LogP contribution in [0.25, 0.3) is 0 Å². The van der Waals surface area contributed by atoms with Gasteiger partial charge in [-0.2, -0.15) is 0 Å². The molecule has 2 aromatic rings. The normalized spacial score (nSPS) is 11.9. The second-order valence-electron chi connectivity index (χ2n) is 6.52. The number of benzene rings is 1. The van der Waals surface area contributed by atoms with Crippen molar-refractivity contribution < 1.29 is 4.79 Å².